The Morgan fingerprint density at radius 1 is 1.37 bits per heavy atom. The number of hydrogen-bond acceptors (Lipinski definition) is 3. The summed E-state index contributed by atoms with van der Waals surface area (Å²) in [6, 6.07) is 0. The number of amides is 2. The zero-order valence-corrected chi connectivity index (χ0v) is 12.8. The first-order valence-electron chi connectivity index (χ1n) is 6.72. The summed E-state index contributed by atoms with van der Waals surface area (Å²) in [7, 11) is 1.80. The van der Waals surface area contributed by atoms with Crippen LogP contribution in [0.1, 0.15) is 26.7 Å². The van der Waals surface area contributed by atoms with E-state index < -0.39 is 5.54 Å². The van der Waals surface area contributed by atoms with Crippen molar-refractivity contribution in [3.63, 3.8) is 0 Å². The summed E-state index contributed by atoms with van der Waals surface area (Å²) in [5.41, 5.74) is -0.707. The molecule has 0 bridgehead atoms. The highest BCUT2D eigenvalue weighted by atomic mass is 35.5. The van der Waals surface area contributed by atoms with Crippen LogP contribution in [0.2, 0.25) is 0 Å². The number of carbonyl (C=O) groups is 2. The topological polar surface area (TPSA) is 52.6 Å². The molecular formula is C13H24ClN3O2. The van der Waals surface area contributed by atoms with E-state index in [9.17, 15) is 9.59 Å². The van der Waals surface area contributed by atoms with Gasteiger partial charge in [0.1, 0.15) is 5.54 Å². The Hall–Kier alpha value is -0.810. The van der Waals surface area contributed by atoms with Crippen molar-refractivity contribution in [1.29, 1.82) is 0 Å². The van der Waals surface area contributed by atoms with Gasteiger partial charge >= 0.3 is 0 Å². The second kappa shape index (κ2) is 6.09. The van der Waals surface area contributed by atoms with Gasteiger partial charge in [0.15, 0.2) is 0 Å². The number of hydrogen-bond donors (Lipinski definition) is 1. The summed E-state index contributed by atoms with van der Waals surface area (Å²) < 4.78 is 0. The van der Waals surface area contributed by atoms with Gasteiger partial charge in [0.05, 0.1) is 5.92 Å². The van der Waals surface area contributed by atoms with Crippen LogP contribution >= 0.6 is 12.4 Å². The summed E-state index contributed by atoms with van der Waals surface area (Å²) in [5.74, 6) is 0.203. The molecule has 2 aliphatic rings. The minimum Gasteiger partial charge on any atom is -0.342 e. The number of nitrogens with zero attached hydrogens (tertiary/aromatic N) is 2. The van der Waals surface area contributed by atoms with Crippen molar-refractivity contribution in [3.05, 3.63) is 0 Å². The average Bonchev–Trinajstić information content (AvgIpc) is 2.36. The second-order valence-corrected chi connectivity index (χ2v) is 5.82. The molecule has 1 atom stereocenters. The number of rotatable bonds is 1. The van der Waals surface area contributed by atoms with Gasteiger partial charge in [-0.1, -0.05) is 0 Å². The Kier molecular flexibility index (Phi) is 5.21. The summed E-state index contributed by atoms with van der Waals surface area (Å²) in [5, 5.41) is 3.26. The number of piperidine rings is 1. The molecule has 2 saturated heterocycles. The van der Waals surface area contributed by atoms with Gasteiger partial charge in [-0.15, -0.1) is 12.4 Å². The van der Waals surface area contributed by atoms with E-state index in [1.54, 1.807) is 16.8 Å². The van der Waals surface area contributed by atoms with Crippen molar-refractivity contribution < 1.29 is 9.59 Å². The van der Waals surface area contributed by atoms with E-state index in [4.69, 9.17) is 0 Å². The maximum Gasteiger partial charge on any atom is 0.247 e. The third-order valence-corrected chi connectivity index (χ3v) is 4.12. The molecular weight excluding hydrogens is 266 g/mol. The Bertz CT molecular complexity index is 354. The number of piperazine rings is 1. The molecule has 0 aromatic heterocycles. The molecule has 0 aromatic carbocycles. The first kappa shape index (κ1) is 16.2. The third-order valence-electron chi connectivity index (χ3n) is 4.12. The van der Waals surface area contributed by atoms with E-state index in [2.05, 4.69) is 5.32 Å². The first-order valence-corrected chi connectivity index (χ1v) is 6.72. The van der Waals surface area contributed by atoms with E-state index in [0.717, 1.165) is 25.9 Å². The van der Waals surface area contributed by atoms with Crippen LogP contribution in [0.5, 0.6) is 0 Å². The fraction of sp³-hybridized carbons (Fsp3) is 0.846. The van der Waals surface area contributed by atoms with Crippen LogP contribution in [-0.2, 0) is 9.59 Å². The number of nitrogens with one attached hydrogen (secondary N) is 1. The third kappa shape index (κ3) is 3.03. The van der Waals surface area contributed by atoms with Crippen LogP contribution in [0.3, 0.4) is 0 Å². The van der Waals surface area contributed by atoms with E-state index >= 15 is 0 Å². The van der Waals surface area contributed by atoms with E-state index in [1.807, 2.05) is 13.8 Å². The lowest BCUT2D eigenvalue weighted by Crippen LogP contribution is -2.65. The lowest BCUT2D eigenvalue weighted by Gasteiger charge is -2.46. The molecule has 0 saturated carbocycles. The van der Waals surface area contributed by atoms with Crippen LogP contribution in [-0.4, -0.2) is 60.4 Å². The van der Waals surface area contributed by atoms with Crippen molar-refractivity contribution in [1.82, 2.24) is 15.1 Å². The molecule has 1 unspecified atom stereocenters. The fourth-order valence-corrected chi connectivity index (χ4v) is 2.88. The average molecular weight is 290 g/mol. The van der Waals surface area contributed by atoms with Gasteiger partial charge in [0.2, 0.25) is 11.8 Å². The molecule has 2 fully saturated rings. The normalized spacial score (nSPS) is 26.9. The SMILES string of the molecule is CN1CCN(C(=O)C2CCCNC2)C(C)(C)C1=O.Cl. The van der Waals surface area contributed by atoms with Crippen LogP contribution in [0.4, 0.5) is 0 Å². The van der Waals surface area contributed by atoms with Gasteiger partial charge < -0.3 is 15.1 Å². The monoisotopic (exact) mass is 289 g/mol. The molecule has 1 N–H and O–H groups in total. The Balaban J connectivity index is 0.00000180. The van der Waals surface area contributed by atoms with E-state index in [-0.39, 0.29) is 30.1 Å². The minimum absolute atomic E-state index is 0. The predicted molar refractivity (Wildman–Crippen MR) is 76.3 cm³/mol. The molecule has 110 valence electrons. The first-order chi connectivity index (χ1) is 8.44. The van der Waals surface area contributed by atoms with Gasteiger partial charge in [-0.25, -0.2) is 0 Å². The molecule has 19 heavy (non-hydrogen) atoms. The highest BCUT2D eigenvalue weighted by molar-refractivity contribution is 5.92. The quantitative estimate of drug-likeness (QED) is 0.764. The summed E-state index contributed by atoms with van der Waals surface area (Å²) >= 11 is 0. The highest BCUT2D eigenvalue weighted by Crippen LogP contribution is 2.25. The Morgan fingerprint density at radius 3 is 2.63 bits per heavy atom. The van der Waals surface area contributed by atoms with Gasteiger partial charge in [0, 0.05) is 26.7 Å². The molecule has 2 aliphatic heterocycles. The standard InChI is InChI=1S/C13H23N3O2.ClH/c1-13(2)12(18)15(3)7-8-16(13)11(17)10-5-4-6-14-9-10;/h10,14H,4-9H2,1-3H3;1H. The van der Waals surface area contributed by atoms with Gasteiger partial charge in [-0.2, -0.15) is 0 Å². The molecule has 0 spiro atoms. The summed E-state index contributed by atoms with van der Waals surface area (Å²) in [6.07, 6.45) is 1.97. The molecule has 0 radical (unpaired) electrons. The van der Waals surface area contributed by atoms with E-state index in [0.29, 0.717) is 13.1 Å². The van der Waals surface area contributed by atoms with Crippen LogP contribution in [0.25, 0.3) is 0 Å². The minimum atomic E-state index is -0.707. The van der Waals surface area contributed by atoms with Crippen molar-refractivity contribution >= 4 is 24.2 Å². The summed E-state index contributed by atoms with van der Waals surface area (Å²) in [4.78, 5) is 28.2. The van der Waals surface area contributed by atoms with Gasteiger partial charge in [-0.3, -0.25) is 9.59 Å². The zero-order valence-electron chi connectivity index (χ0n) is 11.9. The Labute approximate surface area is 121 Å². The number of carbonyl (C=O) groups excluding carboxylic acids is 2. The van der Waals surface area contributed by atoms with E-state index in [1.165, 1.54) is 0 Å². The molecule has 5 nitrogen and oxygen atoms in total. The van der Waals surface area contributed by atoms with Crippen molar-refractivity contribution in [2.24, 2.45) is 5.92 Å². The molecule has 0 aliphatic carbocycles. The van der Waals surface area contributed by atoms with Crippen molar-refractivity contribution in [2.45, 2.75) is 32.2 Å². The molecule has 2 rings (SSSR count). The number of likely N-dealkylation sites (N-methyl/N-ethyl adjacent to an activating group) is 1. The fourth-order valence-electron chi connectivity index (χ4n) is 2.88. The summed E-state index contributed by atoms with van der Waals surface area (Å²) in [6.45, 7) is 6.71. The largest absolute Gasteiger partial charge is 0.342 e. The van der Waals surface area contributed by atoms with Crippen LogP contribution < -0.4 is 5.32 Å². The zero-order chi connectivity index (χ0) is 13.3. The van der Waals surface area contributed by atoms with Gasteiger partial charge in [0.25, 0.3) is 0 Å². The predicted octanol–water partition coefficient (Wildman–Crippen LogP) is 0.487. The lowest BCUT2D eigenvalue weighted by molar-refractivity contribution is -0.159. The molecule has 2 amide bonds. The second-order valence-electron chi connectivity index (χ2n) is 5.82. The number of halogens is 1. The molecule has 2 heterocycles. The highest BCUT2D eigenvalue weighted by Gasteiger charge is 2.44. The van der Waals surface area contributed by atoms with Crippen LogP contribution in [0, 0.1) is 5.92 Å². The maximum atomic E-state index is 12.5. The van der Waals surface area contributed by atoms with Crippen molar-refractivity contribution in [3.8, 4) is 0 Å². The lowest BCUT2D eigenvalue weighted by atomic mass is 9.92. The molecule has 0 aromatic rings. The Morgan fingerprint density at radius 2 is 2.05 bits per heavy atom. The maximum absolute atomic E-state index is 12.5. The molecule has 6 heteroatoms. The van der Waals surface area contributed by atoms with Crippen LogP contribution in [0.15, 0.2) is 0 Å². The smallest absolute Gasteiger partial charge is 0.247 e. The van der Waals surface area contributed by atoms with Crippen molar-refractivity contribution in [2.75, 3.05) is 33.2 Å². The van der Waals surface area contributed by atoms with Gasteiger partial charge in [-0.05, 0) is 33.2 Å².